The topological polar surface area (TPSA) is 58.1 Å². The molecule has 0 amide bonds. The third-order valence-electron chi connectivity index (χ3n) is 4.47. The second kappa shape index (κ2) is 14.4. The highest BCUT2D eigenvalue weighted by atomic mass is 16.5. The van der Waals surface area contributed by atoms with E-state index in [1.807, 2.05) is 18.2 Å². The van der Waals surface area contributed by atoms with Crippen molar-refractivity contribution in [2.75, 3.05) is 59.1 Å². The molecule has 1 aromatic rings. The third kappa shape index (κ3) is 10.3. The van der Waals surface area contributed by atoms with E-state index in [2.05, 4.69) is 39.6 Å². The van der Waals surface area contributed by atoms with Crippen LogP contribution in [0.5, 0.6) is 0 Å². The number of rotatable bonds is 12. The molecule has 0 aromatic heterocycles. The van der Waals surface area contributed by atoms with Crippen LogP contribution in [0.1, 0.15) is 31.7 Å². The van der Waals surface area contributed by atoms with Gasteiger partial charge in [0.25, 0.3) is 0 Å². The van der Waals surface area contributed by atoms with Gasteiger partial charge in [0.2, 0.25) is 0 Å². The van der Waals surface area contributed by atoms with Crippen molar-refractivity contribution in [2.45, 2.75) is 32.8 Å². The van der Waals surface area contributed by atoms with Crippen LogP contribution in [0.4, 0.5) is 0 Å². The highest BCUT2D eigenvalue weighted by Gasteiger charge is 2.08. The predicted molar refractivity (Wildman–Crippen MR) is 111 cm³/mol. The maximum Gasteiger partial charge on any atom is 0.191 e. The summed E-state index contributed by atoms with van der Waals surface area (Å²) in [5.41, 5.74) is 1.23. The van der Waals surface area contributed by atoms with Crippen molar-refractivity contribution in [1.29, 1.82) is 0 Å². The van der Waals surface area contributed by atoms with Crippen molar-refractivity contribution >= 4 is 5.96 Å². The molecule has 0 radical (unpaired) electrons. The molecule has 0 bridgehead atoms. The Balaban J connectivity index is 1.50. The van der Waals surface area contributed by atoms with Gasteiger partial charge in [0.1, 0.15) is 0 Å². The van der Waals surface area contributed by atoms with Crippen LogP contribution in [0.2, 0.25) is 0 Å². The summed E-state index contributed by atoms with van der Waals surface area (Å²) in [7, 11) is 0. The van der Waals surface area contributed by atoms with Crippen molar-refractivity contribution in [3.05, 3.63) is 35.9 Å². The summed E-state index contributed by atoms with van der Waals surface area (Å²) in [6.07, 6.45) is 3.22. The molecule has 1 heterocycles. The van der Waals surface area contributed by atoms with E-state index in [4.69, 9.17) is 9.47 Å². The Morgan fingerprint density at radius 2 is 1.93 bits per heavy atom. The van der Waals surface area contributed by atoms with Crippen LogP contribution in [-0.2, 0) is 16.1 Å². The molecule has 1 aromatic carbocycles. The number of ether oxygens (including phenoxy) is 2. The molecule has 152 valence electrons. The minimum absolute atomic E-state index is 0.696. The number of morpholine rings is 1. The summed E-state index contributed by atoms with van der Waals surface area (Å²) in [5.74, 6) is 0.921. The third-order valence-corrected chi connectivity index (χ3v) is 4.47. The lowest BCUT2D eigenvalue weighted by atomic mass is 10.2. The van der Waals surface area contributed by atoms with Crippen LogP contribution >= 0.6 is 0 Å². The Kier molecular flexibility index (Phi) is 11.6. The van der Waals surface area contributed by atoms with Gasteiger partial charge >= 0.3 is 0 Å². The standard InChI is InChI=1S/C21H36N4O2/c1-2-22-21(24-12-8-13-25-14-17-26-18-15-25)23-11-6-7-16-27-19-20-9-4-3-5-10-20/h3-5,9-10H,2,6-8,11-19H2,1H3,(H2,22,23,24). The molecule has 0 unspecified atom stereocenters. The first-order valence-corrected chi connectivity index (χ1v) is 10.3. The van der Waals surface area contributed by atoms with E-state index >= 15 is 0 Å². The van der Waals surface area contributed by atoms with E-state index in [9.17, 15) is 0 Å². The number of nitrogens with zero attached hydrogens (tertiary/aromatic N) is 2. The van der Waals surface area contributed by atoms with Gasteiger partial charge < -0.3 is 20.1 Å². The lowest BCUT2D eigenvalue weighted by Crippen LogP contribution is -2.38. The van der Waals surface area contributed by atoms with Gasteiger partial charge in [-0.1, -0.05) is 30.3 Å². The van der Waals surface area contributed by atoms with E-state index in [0.717, 1.165) is 84.3 Å². The first-order chi connectivity index (χ1) is 13.4. The summed E-state index contributed by atoms with van der Waals surface area (Å²) in [6, 6.07) is 10.3. The number of benzene rings is 1. The van der Waals surface area contributed by atoms with Crippen LogP contribution in [-0.4, -0.2) is 69.9 Å². The van der Waals surface area contributed by atoms with Crippen molar-refractivity contribution in [3.8, 4) is 0 Å². The number of hydrogen-bond acceptors (Lipinski definition) is 4. The van der Waals surface area contributed by atoms with E-state index in [0.29, 0.717) is 6.61 Å². The van der Waals surface area contributed by atoms with E-state index < -0.39 is 0 Å². The molecule has 27 heavy (non-hydrogen) atoms. The molecule has 0 atom stereocenters. The fourth-order valence-corrected chi connectivity index (χ4v) is 2.95. The molecule has 0 aliphatic carbocycles. The van der Waals surface area contributed by atoms with Gasteiger partial charge in [-0.25, -0.2) is 0 Å². The van der Waals surface area contributed by atoms with Gasteiger partial charge in [-0.3, -0.25) is 9.89 Å². The van der Waals surface area contributed by atoms with Crippen LogP contribution in [0.25, 0.3) is 0 Å². The Hall–Kier alpha value is -1.63. The maximum atomic E-state index is 5.72. The summed E-state index contributed by atoms with van der Waals surface area (Å²) >= 11 is 0. The summed E-state index contributed by atoms with van der Waals surface area (Å²) in [5, 5.41) is 6.74. The molecule has 1 aliphatic rings. The largest absolute Gasteiger partial charge is 0.379 e. The zero-order valence-electron chi connectivity index (χ0n) is 16.8. The average molecular weight is 377 g/mol. The van der Waals surface area contributed by atoms with Gasteiger partial charge in [0, 0.05) is 45.9 Å². The summed E-state index contributed by atoms with van der Waals surface area (Å²) in [6.45, 7) is 11.2. The highest BCUT2D eigenvalue weighted by molar-refractivity contribution is 5.79. The quantitative estimate of drug-likeness (QED) is 0.333. The minimum atomic E-state index is 0.696. The second-order valence-electron chi connectivity index (χ2n) is 6.74. The van der Waals surface area contributed by atoms with Gasteiger partial charge in [0.05, 0.1) is 19.8 Å². The van der Waals surface area contributed by atoms with Gasteiger partial charge in [-0.15, -0.1) is 0 Å². The molecular weight excluding hydrogens is 340 g/mol. The monoisotopic (exact) mass is 376 g/mol. The van der Waals surface area contributed by atoms with Gasteiger partial charge in [0.15, 0.2) is 5.96 Å². The van der Waals surface area contributed by atoms with E-state index in [-0.39, 0.29) is 0 Å². The van der Waals surface area contributed by atoms with Gasteiger partial charge in [-0.05, 0) is 31.7 Å². The minimum Gasteiger partial charge on any atom is -0.379 e. The van der Waals surface area contributed by atoms with Crippen molar-refractivity contribution in [2.24, 2.45) is 4.99 Å². The number of hydrogen-bond donors (Lipinski definition) is 2. The van der Waals surface area contributed by atoms with Crippen LogP contribution in [0.15, 0.2) is 35.3 Å². The smallest absolute Gasteiger partial charge is 0.191 e. The molecule has 1 saturated heterocycles. The molecule has 0 saturated carbocycles. The predicted octanol–water partition coefficient (Wildman–Crippen LogP) is 2.26. The molecule has 1 aliphatic heterocycles. The Labute approximate surface area is 164 Å². The highest BCUT2D eigenvalue weighted by Crippen LogP contribution is 2.01. The Bertz CT molecular complexity index is 504. The zero-order chi connectivity index (χ0) is 19.0. The Morgan fingerprint density at radius 3 is 2.70 bits per heavy atom. The van der Waals surface area contributed by atoms with Crippen LogP contribution in [0.3, 0.4) is 0 Å². The lowest BCUT2D eigenvalue weighted by molar-refractivity contribution is 0.0377. The van der Waals surface area contributed by atoms with Crippen molar-refractivity contribution in [3.63, 3.8) is 0 Å². The number of aliphatic imine (C=N–C) groups is 1. The number of nitrogens with one attached hydrogen (secondary N) is 2. The van der Waals surface area contributed by atoms with Crippen LogP contribution in [0, 0.1) is 0 Å². The van der Waals surface area contributed by atoms with Crippen molar-refractivity contribution in [1.82, 2.24) is 15.5 Å². The SMILES string of the molecule is CCNC(=NCCCN1CCOCC1)NCCCCOCc1ccccc1. The number of unbranched alkanes of at least 4 members (excludes halogenated alkanes) is 1. The average Bonchev–Trinajstić information content (AvgIpc) is 2.72. The van der Waals surface area contributed by atoms with Crippen LogP contribution < -0.4 is 10.6 Å². The maximum absolute atomic E-state index is 5.72. The molecule has 6 nitrogen and oxygen atoms in total. The molecule has 2 rings (SSSR count). The van der Waals surface area contributed by atoms with E-state index in [1.165, 1.54) is 5.56 Å². The van der Waals surface area contributed by atoms with E-state index in [1.54, 1.807) is 0 Å². The summed E-state index contributed by atoms with van der Waals surface area (Å²) in [4.78, 5) is 7.13. The second-order valence-corrected chi connectivity index (χ2v) is 6.74. The number of guanidine groups is 1. The fraction of sp³-hybridized carbons (Fsp3) is 0.667. The molecular formula is C21H36N4O2. The molecule has 2 N–H and O–H groups in total. The Morgan fingerprint density at radius 1 is 1.11 bits per heavy atom. The summed E-state index contributed by atoms with van der Waals surface area (Å²) < 4.78 is 11.1. The van der Waals surface area contributed by atoms with Gasteiger partial charge in [-0.2, -0.15) is 0 Å². The van der Waals surface area contributed by atoms with Crippen molar-refractivity contribution < 1.29 is 9.47 Å². The first kappa shape index (κ1) is 21.7. The molecule has 1 fully saturated rings. The molecule has 6 heteroatoms. The zero-order valence-corrected chi connectivity index (χ0v) is 16.8. The molecule has 0 spiro atoms. The lowest BCUT2D eigenvalue weighted by Gasteiger charge is -2.26. The first-order valence-electron chi connectivity index (χ1n) is 10.3. The fourth-order valence-electron chi connectivity index (χ4n) is 2.95. The normalized spacial score (nSPS) is 15.7.